The molecule has 0 fully saturated rings. The Labute approximate surface area is 181 Å². The zero-order valence-corrected chi connectivity index (χ0v) is 17.6. The summed E-state index contributed by atoms with van der Waals surface area (Å²) in [4.78, 5) is 19.3. The normalized spacial score (nSPS) is 10.6. The van der Waals surface area contributed by atoms with Gasteiger partial charge in [-0.05, 0) is 35.4 Å². The first-order valence-corrected chi connectivity index (χ1v) is 10.0. The zero-order chi connectivity index (χ0) is 21.6. The lowest BCUT2D eigenvalue weighted by Gasteiger charge is -2.17. The first kappa shape index (κ1) is 20.3. The van der Waals surface area contributed by atoms with Gasteiger partial charge < -0.3 is 9.64 Å². The topological polar surface area (TPSA) is 60.2 Å². The largest absolute Gasteiger partial charge is 0.497 e. The molecule has 0 unspecified atom stereocenters. The van der Waals surface area contributed by atoms with Crippen LogP contribution >= 0.6 is 0 Å². The van der Waals surface area contributed by atoms with Crippen molar-refractivity contribution < 1.29 is 9.53 Å². The number of hydrogen-bond donors (Lipinski definition) is 0. The number of ether oxygens (including phenoxy) is 1. The molecule has 2 aromatic carbocycles. The average Bonchev–Trinajstić information content (AvgIpc) is 3.23. The maximum absolute atomic E-state index is 13.4. The molecule has 0 aliphatic carbocycles. The summed E-state index contributed by atoms with van der Waals surface area (Å²) in [6.07, 6.45) is 5.26. The molecular formula is C25H24N4O2. The Hall–Kier alpha value is -3.93. The molecule has 2 heterocycles. The molecule has 0 aliphatic rings. The first-order chi connectivity index (χ1) is 15.1. The molecule has 0 bridgehead atoms. The minimum absolute atomic E-state index is 0.0963. The van der Waals surface area contributed by atoms with E-state index in [1.165, 1.54) is 0 Å². The van der Waals surface area contributed by atoms with E-state index in [4.69, 9.17) is 9.84 Å². The number of aromatic nitrogens is 3. The minimum atomic E-state index is -0.0963. The van der Waals surface area contributed by atoms with E-state index in [-0.39, 0.29) is 5.91 Å². The van der Waals surface area contributed by atoms with E-state index < -0.39 is 0 Å². The molecule has 0 spiro atoms. The van der Waals surface area contributed by atoms with E-state index in [2.05, 4.69) is 4.98 Å². The number of pyridine rings is 1. The van der Waals surface area contributed by atoms with Gasteiger partial charge in [0.1, 0.15) is 11.4 Å². The highest BCUT2D eigenvalue weighted by Gasteiger charge is 2.21. The lowest BCUT2D eigenvalue weighted by Crippen LogP contribution is -2.26. The second kappa shape index (κ2) is 9.26. The summed E-state index contributed by atoms with van der Waals surface area (Å²) in [5.41, 5.74) is 4.11. The maximum Gasteiger partial charge on any atom is 0.257 e. The molecule has 1 amide bonds. The molecule has 156 valence electrons. The van der Waals surface area contributed by atoms with E-state index in [9.17, 15) is 4.79 Å². The van der Waals surface area contributed by atoms with Crippen molar-refractivity contribution in [2.24, 2.45) is 0 Å². The molecule has 6 nitrogen and oxygen atoms in total. The van der Waals surface area contributed by atoms with Crippen LogP contribution in [0.25, 0.3) is 11.3 Å². The van der Waals surface area contributed by atoms with E-state index >= 15 is 0 Å². The number of hydrogen-bond acceptors (Lipinski definition) is 4. The lowest BCUT2D eigenvalue weighted by atomic mass is 10.1. The predicted octanol–water partition coefficient (Wildman–Crippen LogP) is 4.27. The van der Waals surface area contributed by atoms with Crippen LogP contribution in [-0.4, -0.2) is 39.7 Å². The highest BCUT2D eigenvalue weighted by atomic mass is 16.5. The maximum atomic E-state index is 13.4. The number of carbonyl (C=O) groups is 1. The van der Waals surface area contributed by atoms with Gasteiger partial charge in [0.15, 0.2) is 0 Å². The van der Waals surface area contributed by atoms with E-state index in [1.807, 2.05) is 77.6 Å². The molecular weight excluding hydrogens is 388 g/mol. The molecule has 0 aliphatic heterocycles. The second-order valence-electron chi connectivity index (χ2n) is 7.33. The fourth-order valence-corrected chi connectivity index (χ4v) is 3.47. The van der Waals surface area contributed by atoms with Crippen molar-refractivity contribution in [1.82, 2.24) is 19.7 Å². The van der Waals surface area contributed by atoms with E-state index in [0.717, 1.165) is 22.4 Å². The third-order valence-corrected chi connectivity index (χ3v) is 5.02. The van der Waals surface area contributed by atoms with Crippen LogP contribution in [0.5, 0.6) is 5.75 Å². The highest BCUT2D eigenvalue weighted by molar-refractivity contribution is 5.99. The van der Waals surface area contributed by atoms with Crippen molar-refractivity contribution in [2.45, 2.75) is 13.1 Å². The molecule has 6 heteroatoms. The Kier molecular flexibility index (Phi) is 6.08. The van der Waals surface area contributed by atoms with Crippen molar-refractivity contribution in [1.29, 1.82) is 0 Å². The first-order valence-electron chi connectivity index (χ1n) is 10.0. The number of benzene rings is 2. The third-order valence-electron chi connectivity index (χ3n) is 5.02. The van der Waals surface area contributed by atoms with E-state index in [1.54, 1.807) is 31.5 Å². The van der Waals surface area contributed by atoms with Gasteiger partial charge in [0.25, 0.3) is 5.91 Å². The van der Waals surface area contributed by atoms with Crippen molar-refractivity contribution in [2.75, 3.05) is 14.2 Å². The SMILES string of the molecule is COc1cccc(CN(C)C(=O)c2cn(Cc3ccccc3)nc2-c2cccnc2)c1. The average molecular weight is 412 g/mol. The molecule has 4 aromatic rings. The number of nitrogens with zero attached hydrogens (tertiary/aromatic N) is 4. The van der Waals surface area contributed by atoms with Crippen LogP contribution in [0, 0.1) is 0 Å². The van der Waals surface area contributed by atoms with Crippen LogP contribution in [0.3, 0.4) is 0 Å². The van der Waals surface area contributed by atoms with Gasteiger partial charge in [0.2, 0.25) is 0 Å². The van der Waals surface area contributed by atoms with Gasteiger partial charge in [-0.3, -0.25) is 14.5 Å². The van der Waals surface area contributed by atoms with Crippen molar-refractivity contribution in [3.63, 3.8) is 0 Å². The number of rotatable bonds is 7. The van der Waals surface area contributed by atoms with Crippen LogP contribution in [0.2, 0.25) is 0 Å². The fraction of sp³-hybridized carbons (Fsp3) is 0.160. The summed E-state index contributed by atoms with van der Waals surface area (Å²) in [6.45, 7) is 1.05. The molecule has 0 saturated heterocycles. The Morgan fingerprint density at radius 2 is 1.84 bits per heavy atom. The van der Waals surface area contributed by atoms with Crippen LogP contribution < -0.4 is 4.74 Å². The smallest absolute Gasteiger partial charge is 0.257 e. The Morgan fingerprint density at radius 3 is 2.58 bits per heavy atom. The van der Waals surface area contributed by atoms with Crippen LogP contribution in [-0.2, 0) is 13.1 Å². The van der Waals surface area contributed by atoms with Crippen molar-refractivity contribution in [3.8, 4) is 17.0 Å². The molecule has 0 N–H and O–H groups in total. The van der Waals surface area contributed by atoms with Crippen LogP contribution in [0.1, 0.15) is 21.5 Å². The second-order valence-corrected chi connectivity index (χ2v) is 7.33. The summed E-state index contributed by atoms with van der Waals surface area (Å²) in [5.74, 6) is 0.672. The van der Waals surface area contributed by atoms with Gasteiger partial charge in [-0.1, -0.05) is 42.5 Å². The molecule has 31 heavy (non-hydrogen) atoms. The molecule has 4 rings (SSSR count). The van der Waals surface area contributed by atoms with Gasteiger partial charge in [-0.2, -0.15) is 5.10 Å². The standard InChI is InChI=1S/C25H24N4O2/c1-28(16-20-10-6-12-22(14-20)31-2)25(30)23-18-29(17-19-8-4-3-5-9-19)27-24(23)21-11-7-13-26-15-21/h3-15,18H,16-17H2,1-2H3. The molecule has 0 saturated carbocycles. The van der Waals surface area contributed by atoms with Gasteiger partial charge in [-0.15, -0.1) is 0 Å². The van der Waals surface area contributed by atoms with E-state index in [0.29, 0.717) is 24.3 Å². The highest BCUT2D eigenvalue weighted by Crippen LogP contribution is 2.24. The van der Waals surface area contributed by atoms with Gasteiger partial charge in [0, 0.05) is 37.7 Å². The third kappa shape index (κ3) is 4.80. The van der Waals surface area contributed by atoms with Crippen molar-refractivity contribution >= 4 is 5.91 Å². The Morgan fingerprint density at radius 1 is 1.03 bits per heavy atom. The van der Waals surface area contributed by atoms with Crippen LogP contribution in [0.4, 0.5) is 0 Å². The van der Waals surface area contributed by atoms with Crippen molar-refractivity contribution in [3.05, 3.63) is 102 Å². The quantitative estimate of drug-likeness (QED) is 0.455. The zero-order valence-electron chi connectivity index (χ0n) is 17.6. The summed E-state index contributed by atoms with van der Waals surface area (Å²) in [6, 6.07) is 21.5. The molecule has 2 aromatic heterocycles. The fourth-order valence-electron chi connectivity index (χ4n) is 3.47. The Balaban J connectivity index is 1.64. The number of amides is 1. The van der Waals surface area contributed by atoms with Gasteiger partial charge in [-0.25, -0.2) is 0 Å². The van der Waals surface area contributed by atoms with Gasteiger partial charge in [0.05, 0.1) is 19.2 Å². The van der Waals surface area contributed by atoms with Crippen LogP contribution in [0.15, 0.2) is 85.3 Å². The minimum Gasteiger partial charge on any atom is -0.497 e. The Bertz CT molecular complexity index is 1160. The molecule has 0 atom stereocenters. The summed E-state index contributed by atoms with van der Waals surface area (Å²) in [7, 11) is 3.43. The number of carbonyl (C=O) groups excluding carboxylic acids is 1. The predicted molar refractivity (Wildman–Crippen MR) is 120 cm³/mol. The summed E-state index contributed by atoms with van der Waals surface area (Å²) in [5, 5.41) is 4.72. The monoisotopic (exact) mass is 412 g/mol. The van der Waals surface area contributed by atoms with Gasteiger partial charge >= 0.3 is 0 Å². The summed E-state index contributed by atoms with van der Waals surface area (Å²) >= 11 is 0. The summed E-state index contributed by atoms with van der Waals surface area (Å²) < 4.78 is 7.10. The molecule has 0 radical (unpaired) electrons. The number of methoxy groups -OCH3 is 1. The lowest BCUT2D eigenvalue weighted by molar-refractivity contribution is 0.0785.